The van der Waals surface area contributed by atoms with Gasteiger partial charge in [0.1, 0.15) is 0 Å². The summed E-state index contributed by atoms with van der Waals surface area (Å²) in [6.07, 6.45) is 3.77. The number of nitrogens with zero attached hydrogens (tertiary/aromatic N) is 5. The van der Waals surface area contributed by atoms with Crippen LogP contribution in [0.1, 0.15) is 12.8 Å². The van der Waals surface area contributed by atoms with Gasteiger partial charge < -0.3 is 4.57 Å². The molecule has 2 aliphatic rings. The molecular weight excluding hydrogens is 390 g/mol. The third-order valence-corrected chi connectivity index (χ3v) is 8.76. The fraction of sp³-hybridized carbons (Fsp3) is 0.438. The van der Waals surface area contributed by atoms with Crippen LogP contribution in [0.4, 0.5) is 11.4 Å². The Labute approximate surface area is 159 Å². The van der Waals surface area contributed by atoms with Gasteiger partial charge in [-0.05, 0) is 25.0 Å². The lowest BCUT2D eigenvalue weighted by Crippen LogP contribution is -2.49. The molecule has 0 N–H and O–H groups in total. The van der Waals surface area contributed by atoms with E-state index in [9.17, 15) is 16.8 Å². The number of fused-ring (bicyclic) bond motifs is 1. The van der Waals surface area contributed by atoms with Crippen molar-refractivity contribution in [1.29, 1.82) is 0 Å². The van der Waals surface area contributed by atoms with Gasteiger partial charge >= 0.3 is 10.2 Å². The van der Waals surface area contributed by atoms with Crippen LogP contribution in [0, 0.1) is 0 Å². The van der Waals surface area contributed by atoms with Crippen LogP contribution in [0.2, 0.25) is 0 Å². The topological polar surface area (TPSA) is 95.8 Å². The van der Waals surface area contributed by atoms with E-state index in [1.807, 2.05) is 0 Å². The molecule has 0 unspecified atom stereocenters. The van der Waals surface area contributed by atoms with Crippen molar-refractivity contribution in [2.45, 2.75) is 23.9 Å². The molecule has 27 heavy (non-hydrogen) atoms. The van der Waals surface area contributed by atoms with Crippen molar-refractivity contribution in [2.75, 3.05) is 28.7 Å². The highest BCUT2D eigenvalue weighted by molar-refractivity contribution is 7.94. The van der Waals surface area contributed by atoms with E-state index in [0.717, 1.165) is 0 Å². The van der Waals surface area contributed by atoms with Gasteiger partial charge in [0, 0.05) is 39.4 Å². The highest BCUT2D eigenvalue weighted by atomic mass is 32.2. The molecular formula is C16H21N5O4S2. The van der Waals surface area contributed by atoms with Crippen molar-refractivity contribution in [3.63, 3.8) is 0 Å². The maximum Gasteiger partial charge on any atom is 0.326 e. The van der Waals surface area contributed by atoms with Gasteiger partial charge in [0.25, 0.3) is 10.0 Å². The van der Waals surface area contributed by atoms with E-state index in [-0.39, 0.29) is 24.2 Å². The molecule has 1 fully saturated rings. The van der Waals surface area contributed by atoms with E-state index in [0.29, 0.717) is 24.2 Å². The first-order valence-corrected chi connectivity index (χ1v) is 11.4. The van der Waals surface area contributed by atoms with Crippen LogP contribution in [0.5, 0.6) is 0 Å². The molecule has 0 bridgehead atoms. The first kappa shape index (κ1) is 18.3. The number of aryl methyl sites for hydroxylation is 1. The van der Waals surface area contributed by atoms with Crippen LogP contribution in [0.15, 0.2) is 41.8 Å². The smallest absolute Gasteiger partial charge is 0.326 e. The zero-order valence-corrected chi connectivity index (χ0v) is 16.7. The zero-order valence-electron chi connectivity index (χ0n) is 15.1. The van der Waals surface area contributed by atoms with Crippen LogP contribution in [0.3, 0.4) is 0 Å². The van der Waals surface area contributed by atoms with E-state index in [1.54, 1.807) is 35.9 Å². The van der Waals surface area contributed by atoms with E-state index >= 15 is 0 Å². The van der Waals surface area contributed by atoms with Crippen molar-refractivity contribution in [3.8, 4) is 0 Å². The first-order valence-electron chi connectivity index (χ1n) is 8.58. The number of sulfonamides is 1. The average molecular weight is 412 g/mol. The predicted molar refractivity (Wildman–Crippen MR) is 101 cm³/mol. The summed E-state index contributed by atoms with van der Waals surface area (Å²) >= 11 is 0. The minimum Gasteiger partial charge on any atom is -0.339 e. The van der Waals surface area contributed by atoms with Crippen molar-refractivity contribution < 1.29 is 16.8 Å². The molecule has 1 saturated heterocycles. The second-order valence-electron chi connectivity index (χ2n) is 6.77. The van der Waals surface area contributed by atoms with Gasteiger partial charge in [0.05, 0.1) is 17.7 Å². The van der Waals surface area contributed by atoms with E-state index in [2.05, 4.69) is 4.98 Å². The van der Waals surface area contributed by atoms with Crippen molar-refractivity contribution in [2.24, 2.45) is 7.05 Å². The van der Waals surface area contributed by atoms with E-state index in [4.69, 9.17) is 0 Å². The summed E-state index contributed by atoms with van der Waals surface area (Å²) in [6, 6.07) is 6.88. The van der Waals surface area contributed by atoms with Crippen molar-refractivity contribution in [1.82, 2.24) is 13.9 Å². The van der Waals surface area contributed by atoms with Gasteiger partial charge in [-0.2, -0.15) is 12.7 Å². The Balaban J connectivity index is 1.56. The molecule has 0 amide bonds. The minimum absolute atomic E-state index is 0.0160. The second-order valence-corrected chi connectivity index (χ2v) is 10.5. The van der Waals surface area contributed by atoms with Gasteiger partial charge in [0.15, 0.2) is 5.03 Å². The second kappa shape index (κ2) is 6.21. The maximum absolute atomic E-state index is 12.9. The molecule has 0 atom stereocenters. The predicted octanol–water partition coefficient (Wildman–Crippen LogP) is 0.774. The Bertz CT molecular complexity index is 1070. The number of para-hydroxylation sites is 2. The Kier molecular flexibility index (Phi) is 4.20. The molecule has 11 heteroatoms. The highest BCUT2D eigenvalue weighted by Gasteiger charge is 2.44. The lowest BCUT2D eigenvalue weighted by molar-refractivity contribution is 0.320. The molecule has 3 heterocycles. The summed E-state index contributed by atoms with van der Waals surface area (Å²) in [4.78, 5) is 3.94. The molecule has 1 aromatic carbocycles. The van der Waals surface area contributed by atoms with E-state index in [1.165, 1.54) is 32.5 Å². The molecule has 1 aromatic heterocycles. The number of anilines is 2. The number of imidazole rings is 1. The molecule has 0 saturated carbocycles. The number of aromatic nitrogens is 2. The fourth-order valence-electron chi connectivity index (χ4n) is 3.65. The number of hydrogen-bond acceptors (Lipinski definition) is 5. The molecule has 2 aliphatic heterocycles. The molecule has 4 rings (SSSR count). The van der Waals surface area contributed by atoms with Crippen LogP contribution in [0.25, 0.3) is 0 Å². The third-order valence-electron chi connectivity index (χ3n) is 5.09. The van der Waals surface area contributed by atoms with Gasteiger partial charge in [-0.1, -0.05) is 12.1 Å². The van der Waals surface area contributed by atoms with Crippen LogP contribution >= 0.6 is 0 Å². The van der Waals surface area contributed by atoms with Gasteiger partial charge in [-0.25, -0.2) is 17.7 Å². The summed E-state index contributed by atoms with van der Waals surface area (Å²) in [5.41, 5.74) is 1.28. The lowest BCUT2D eigenvalue weighted by Gasteiger charge is -2.35. The van der Waals surface area contributed by atoms with Gasteiger partial charge in [0.2, 0.25) is 0 Å². The molecule has 0 aliphatic carbocycles. The Hall–Kier alpha value is -2.11. The molecule has 2 aromatic rings. The van der Waals surface area contributed by atoms with Crippen LogP contribution in [-0.2, 0) is 27.3 Å². The van der Waals surface area contributed by atoms with E-state index < -0.39 is 20.2 Å². The summed E-state index contributed by atoms with van der Waals surface area (Å²) in [5, 5.41) is 0.0160. The number of rotatable bonds is 3. The number of piperidine rings is 1. The molecule has 0 spiro atoms. The Morgan fingerprint density at radius 3 is 2.30 bits per heavy atom. The largest absolute Gasteiger partial charge is 0.339 e. The third kappa shape index (κ3) is 2.80. The highest BCUT2D eigenvalue weighted by Crippen LogP contribution is 2.42. The fourth-order valence-corrected chi connectivity index (χ4v) is 6.75. The Morgan fingerprint density at radius 2 is 1.70 bits per heavy atom. The molecule has 0 radical (unpaired) electrons. The molecule has 146 valence electrons. The lowest BCUT2D eigenvalue weighted by atomic mass is 10.1. The van der Waals surface area contributed by atoms with Crippen LogP contribution < -0.4 is 8.61 Å². The minimum atomic E-state index is -3.67. The Morgan fingerprint density at radius 1 is 1.07 bits per heavy atom. The summed E-state index contributed by atoms with van der Waals surface area (Å²) in [7, 11) is -4.06. The summed E-state index contributed by atoms with van der Waals surface area (Å²) < 4.78 is 56.8. The maximum atomic E-state index is 12.9. The van der Waals surface area contributed by atoms with Crippen molar-refractivity contribution in [3.05, 3.63) is 36.8 Å². The summed E-state index contributed by atoms with van der Waals surface area (Å²) in [5.74, 6) is 0. The quantitative estimate of drug-likeness (QED) is 0.744. The monoisotopic (exact) mass is 411 g/mol. The van der Waals surface area contributed by atoms with Crippen LogP contribution in [-0.4, -0.2) is 56.9 Å². The normalized spacial score (nSPS) is 20.8. The average Bonchev–Trinajstić information content (AvgIpc) is 3.16. The number of benzene rings is 1. The van der Waals surface area contributed by atoms with Gasteiger partial charge in [-0.3, -0.25) is 4.31 Å². The standard InChI is InChI=1S/C16H21N5O4S2/c1-18-11-16(17-12-18)26(22,23)20-9-7-13(8-10-20)21-15-6-4-3-5-14(15)19(2)27(21,24)25/h3-6,11-13H,7-10H2,1-2H3. The SMILES string of the molecule is CN1c2ccccc2N(C2CCN(S(=O)(=O)c3cn(C)cn3)CC2)S1(=O)=O. The first-order chi connectivity index (χ1) is 12.7. The van der Waals surface area contributed by atoms with Crippen molar-refractivity contribution >= 4 is 31.6 Å². The zero-order chi connectivity index (χ0) is 19.4. The van der Waals surface area contributed by atoms with Gasteiger partial charge in [-0.15, -0.1) is 0 Å². The summed E-state index contributed by atoms with van der Waals surface area (Å²) in [6.45, 7) is 0.503. The molecule has 9 nitrogen and oxygen atoms in total. The number of hydrogen-bond donors (Lipinski definition) is 0.